The van der Waals surface area contributed by atoms with E-state index in [2.05, 4.69) is 5.32 Å². The number of carboxylic acid groups (broad SMARTS) is 1. The Labute approximate surface area is 109 Å². The van der Waals surface area contributed by atoms with Gasteiger partial charge in [0.15, 0.2) is 0 Å². The quantitative estimate of drug-likeness (QED) is 0.445. The van der Waals surface area contributed by atoms with E-state index in [1.54, 1.807) is 6.07 Å². The summed E-state index contributed by atoms with van der Waals surface area (Å²) < 4.78 is 0. The van der Waals surface area contributed by atoms with Crippen molar-refractivity contribution in [3.05, 3.63) is 35.4 Å². The standard InChI is InChI=1S/C12H15NO6/c14-6-9(15)11(18)7-3-1-2-4-8(7)12(19)13-5-10(16)17/h1-4,9,11,14-15,18H,5-6H2,(H,13,19)(H,16,17). The Balaban J connectivity index is 2.95. The topological polar surface area (TPSA) is 127 Å². The Hall–Kier alpha value is -1.96. The van der Waals surface area contributed by atoms with Crippen molar-refractivity contribution in [1.29, 1.82) is 0 Å². The van der Waals surface area contributed by atoms with E-state index in [1.807, 2.05) is 0 Å². The van der Waals surface area contributed by atoms with Crippen molar-refractivity contribution in [1.82, 2.24) is 5.32 Å². The number of hydrogen-bond donors (Lipinski definition) is 5. The summed E-state index contributed by atoms with van der Waals surface area (Å²) in [4.78, 5) is 22.1. The lowest BCUT2D eigenvalue weighted by Gasteiger charge is -2.18. The van der Waals surface area contributed by atoms with E-state index in [0.29, 0.717) is 0 Å². The van der Waals surface area contributed by atoms with Gasteiger partial charge in [-0.1, -0.05) is 18.2 Å². The molecule has 0 saturated heterocycles. The van der Waals surface area contributed by atoms with Gasteiger partial charge in [0.25, 0.3) is 5.91 Å². The zero-order chi connectivity index (χ0) is 14.4. The number of rotatable bonds is 6. The Bertz CT molecular complexity index is 461. The third-order valence-corrected chi connectivity index (χ3v) is 2.48. The van der Waals surface area contributed by atoms with Crippen molar-refractivity contribution in [3.8, 4) is 0 Å². The van der Waals surface area contributed by atoms with Crippen LogP contribution in [0.3, 0.4) is 0 Å². The maximum absolute atomic E-state index is 11.8. The number of nitrogens with one attached hydrogen (secondary N) is 1. The molecular weight excluding hydrogens is 254 g/mol. The van der Waals surface area contributed by atoms with Gasteiger partial charge >= 0.3 is 5.97 Å². The molecule has 0 aliphatic carbocycles. The van der Waals surface area contributed by atoms with E-state index in [-0.39, 0.29) is 11.1 Å². The molecule has 0 aliphatic rings. The average Bonchev–Trinajstić information content (AvgIpc) is 2.42. The predicted molar refractivity (Wildman–Crippen MR) is 64.5 cm³/mol. The minimum absolute atomic E-state index is 0.0451. The summed E-state index contributed by atoms with van der Waals surface area (Å²) in [5.41, 5.74) is 0.163. The van der Waals surface area contributed by atoms with Crippen LogP contribution in [0.1, 0.15) is 22.0 Å². The van der Waals surface area contributed by atoms with Gasteiger partial charge in [0.1, 0.15) is 18.8 Å². The molecule has 0 aliphatic heterocycles. The van der Waals surface area contributed by atoms with E-state index in [4.69, 9.17) is 10.2 Å². The second-order valence-electron chi connectivity index (χ2n) is 3.86. The van der Waals surface area contributed by atoms with Crippen LogP contribution >= 0.6 is 0 Å². The van der Waals surface area contributed by atoms with Crippen LogP contribution in [0.25, 0.3) is 0 Å². The summed E-state index contributed by atoms with van der Waals surface area (Å²) in [6.45, 7) is -1.21. The van der Waals surface area contributed by atoms with E-state index in [9.17, 15) is 19.8 Å². The van der Waals surface area contributed by atoms with E-state index in [0.717, 1.165) is 0 Å². The van der Waals surface area contributed by atoms with Gasteiger partial charge in [0.2, 0.25) is 0 Å². The van der Waals surface area contributed by atoms with Crippen molar-refractivity contribution in [3.63, 3.8) is 0 Å². The van der Waals surface area contributed by atoms with Crippen LogP contribution < -0.4 is 5.32 Å². The SMILES string of the molecule is O=C(O)CNC(=O)c1ccccc1C(O)C(O)CO. The van der Waals surface area contributed by atoms with Gasteiger partial charge in [-0.2, -0.15) is 0 Å². The monoisotopic (exact) mass is 269 g/mol. The fourth-order valence-corrected chi connectivity index (χ4v) is 1.52. The molecule has 0 bridgehead atoms. The van der Waals surface area contributed by atoms with Crippen LogP contribution in [0.5, 0.6) is 0 Å². The highest BCUT2D eigenvalue weighted by atomic mass is 16.4. The molecule has 2 atom stereocenters. The third kappa shape index (κ3) is 4.02. The first-order chi connectivity index (χ1) is 8.97. The van der Waals surface area contributed by atoms with E-state index >= 15 is 0 Å². The Morgan fingerprint density at radius 1 is 1.21 bits per heavy atom. The van der Waals surface area contributed by atoms with Crippen molar-refractivity contribution in [2.45, 2.75) is 12.2 Å². The van der Waals surface area contributed by atoms with Crippen molar-refractivity contribution in [2.24, 2.45) is 0 Å². The molecule has 0 aromatic heterocycles. The summed E-state index contributed by atoms with van der Waals surface area (Å²) in [5, 5.41) is 38.6. The molecule has 0 heterocycles. The molecule has 7 nitrogen and oxygen atoms in total. The zero-order valence-electron chi connectivity index (χ0n) is 9.98. The molecule has 104 valence electrons. The number of carbonyl (C=O) groups excluding carboxylic acids is 1. The molecule has 0 radical (unpaired) electrons. The summed E-state index contributed by atoms with van der Waals surface area (Å²) in [6.07, 6.45) is -2.86. The summed E-state index contributed by atoms with van der Waals surface area (Å²) in [7, 11) is 0. The molecule has 0 spiro atoms. The molecule has 1 amide bonds. The highest BCUT2D eigenvalue weighted by Crippen LogP contribution is 2.21. The molecule has 7 heteroatoms. The number of aliphatic hydroxyl groups is 3. The van der Waals surface area contributed by atoms with Crippen LogP contribution in [-0.2, 0) is 4.79 Å². The number of carboxylic acids is 1. The molecule has 1 rings (SSSR count). The number of aliphatic carboxylic acids is 1. The maximum atomic E-state index is 11.8. The molecule has 1 aromatic rings. The van der Waals surface area contributed by atoms with Gasteiger partial charge in [-0.15, -0.1) is 0 Å². The van der Waals surface area contributed by atoms with Gasteiger partial charge in [0, 0.05) is 5.56 Å². The average molecular weight is 269 g/mol. The normalized spacial score (nSPS) is 13.6. The summed E-state index contributed by atoms with van der Waals surface area (Å²) >= 11 is 0. The van der Waals surface area contributed by atoms with Crippen LogP contribution in [-0.4, -0.2) is 51.6 Å². The van der Waals surface area contributed by atoms with Gasteiger partial charge in [-0.25, -0.2) is 0 Å². The number of aliphatic hydroxyl groups excluding tert-OH is 3. The van der Waals surface area contributed by atoms with Crippen molar-refractivity contribution >= 4 is 11.9 Å². The highest BCUT2D eigenvalue weighted by molar-refractivity contribution is 5.97. The van der Waals surface area contributed by atoms with Gasteiger partial charge in [0.05, 0.1) is 6.61 Å². The van der Waals surface area contributed by atoms with E-state index < -0.39 is 37.2 Å². The van der Waals surface area contributed by atoms with Gasteiger partial charge in [-0.3, -0.25) is 9.59 Å². The minimum atomic E-state index is -1.43. The largest absolute Gasteiger partial charge is 0.480 e. The second kappa shape index (κ2) is 6.83. The number of amides is 1. The molecule has 2 unspecified atom stereocenters. The fourth-order valence-electron chi connectivity index (χ4n) is 1.52. The first-order valence-corrected chi connectivity index (χ1v) is 5.53. The van der Waals surface area contributed by atoms with Crippen LogP contribution in [0.4, 0.5) is 0 Å². The maximum Gasteiger partial charge on any atom is 0.322 e. The first kappa shape index (κ1) is 15.1. The number of hydrogen-bond acceptors (Lipinski definition) is 5. The number of carbonyl (C=O) groups is 2. The molecule has 0 fully saturated rings. The number of benzene rings is 1. The first-order valence-electron chi connectivity index (χ1n) is 5.53. The lowest BCUT2D eigenvalue weighted by molar-refractivity contribution is -0.135. The van der Waals surface area contributed by atoms with Crippen molar-refractivity contribution < 1.29 is 30.0 Å². The molecular formula is C12H15NO6. The lowest BCUT2D eigenvalue weighted by Crippen LogP contribution is -2.31. The zero-order valence-corrected chi connectivity index (χ0v) is 9.98. The smallest absolute Gasteiger partial charge is 0.322 e. The van der Waals surface area contributed by atoms with Gasteiger partial charge < -0.3 is 25.7 Å². The van der Waals surface area contributed by atoms with E-state index in [1.165, 1.54) is 18.2 Å². The van der Waals surface area contributed by atoms with Crippen LogP contribution in [0, 0.1) is 0 Å². The van der Waals surface area contributed by atoms with Crippen molar-refractivity contribution in [2.75, 3.05) is 13.2 Å². The summed E-state index contributed by atoms with van der Waals surface area (Å²) in [5.74, 6) is -1.87. The van der Waals surface area contributed by atoms with Crippen LogP contribution in [0.2, 0.25) is 0 Å². The molecule has 0 saturated carbocycles. The second-order valence-corrected chi connectivity index (χ2v) is 3.86. The molecule has 5 N–H and O–H groups in total. The molecule has 19 heavy (non-hydrogen) atoms. The Morgan fingerprint density at radius 2 is 1.84 bits per heavy atom. The predicted octanol–water partition coefficient (Wildman–Crippen LogP) is -1.11. The third-order valence-electron chi connectivity index (χ3n) is 2.48. The lowest BCUT2D eigenvalue weighted by atomic mass is 9.98. The van der Waals surface area contributed by atoms with Gasteiger partial charge in [-0.05, 0) is 11.6 Å². The highest BCUT2D eigenvalue weighted by Gasteiger charge is 2.22. The Kier molecular flexibility index (Phi) is 5.43. The summed E-state index contributed by atoms with van der Waals surface area (Å²) in [6, 6.07) is 5.90. The van der Waals surface area contributed by atoms with Crippen LogP contribution in [0.15, 0.2) is 24.3 Å². The molecule has 1 aromatic carbocycles. The minimum Gasteiger partial charge on any atom is -0.480 e. The Morgan fingerprint density at radius 3 is 2.42 bits per heavy atom. The fraction of sp³-hybridized carbons (Fsp3) is 0.333.